The van der Waals surface area contributed by atoms with E-state index in [0.29, 0.717) is 6.54 Å². The van der Waals surface area contributed by atoms with E-state index in [2.05, 4.69) is 26.2 Å². The first-order valence-corrected chi connectivity index (χ1v) is 6.95. The van der Waals surface area contributed by atoms with Gasteiger partial charge in [0, 0.05) is 28.3 Å². The fourth-order valence-electron chi connectivity index (χ4n) is 1.35. The lowest BCUT2D eigenvalue weighted by Crippen LogP contribution is -2.35. The fraction of sp³-hybridized carbons (Fsp3) is 0.615. The molecule has 114 valence electrons. The average molecular weight is 355 g/mol. The van der Waals surface area contributed by atoms with E-state index in [-0.39, 0.29) is 11.4 Å². The zero-order valence-corrected chi connectivity index (χ0v) is 13.2. The molecular formula is C13H18BrF3N2O. The van der Waals surface area contributed by atoms with Gasteiger partial charge in [-0.15, -0.1) is 0 Å². The number of hydrogen-bond donors (Lipinski definition) is 1. The van der Waals surface area contributed by atoms with Crippen molar-refractivity contribution < 1.29 is 17.9 Å². The molecule has 1 rings (SSSR count). The van der Waals surface area contributed by atoms with Crippen LogP contribution in [-0.2, 0) is 6.54 Å². The molecule has 0 bridgehead atoms. The van der Waals surface area contributed by atoms with Crippen molar-refractivity contribution in [1.29, 1.82) is 0 Å². The van der Waals surface area contributed by atoms with Gasteiger partial charge in [0.15, 0.2) is 0 Å². The van der Waals surface area contributed by atoms with Crippen LogP contribution >= 0.6 is 15.9 Å². The average Bonchev–Trinajstić information content (AvgIpc) is 2.26. The highest BCUT2D eigenvalue weighted by Gasteiger charge is 2.27. The Balaban J connectivity index is 2.70. The third-order valence-electron chi connectivity index (χ3n) is 2.33. The summed E-state index contributed by atoms with van der Waals surface area (Å²) in [6, 6.07) is 1.79. The molecular weight excluding hydrogens is 337 g/mol. The standard InChI is InChI=1S/C13H18BrF3N2O/c1-12(2,3)19-7-9-6-10(14)8-18-11(9)20-5-4-13(15,16)17/h6,8,19H,4-5,7H2,1-3H3. The molecule has 0 aliphatic rings. The first-order valence-electron chi connectivity index (χ1n) is 6.16. The van der Waals surface area contributed by atoms with Gasteiger partial charge in [-0.25, -0.2) is 4.98 Å². The first kappa shape index (κ1) is 17.2. The van der Waals surface area contributed by atoms with Crippen LogP contribution in [0, 0.1) is 0 Å². The highest BCUT2D eigenvalue weighted by atomic mass is 79.9. The maximum Gasteiger partial charge on any atom is 0.392 e. The second kappa shape index (κ2) is 6.76. The van der Waals surface area contributed by atoms with Crippen molar-refractivity contribution in [3.05, 3.63) is 22.3 Å². The van der Waals surface area contributed by atoms with Gasteiger partial charge in [0.05, 0.1) is 13.0 Å². The quantitative estimate of drug-likeness (QED) is 0.865. The van der Waals surface area contributed by atoms with Crippen LogP contribution in [0.15, 0.2) is 16.7 Å². The third kappa shape index (κ3) is 7.09. The van der Waals surface area contributed by atoms with Crippen LogP contribution in [0.3, 0.4) is 0 Å². The lowest BCUT2D eigenvalue weighted by Gasteiger charge is -2.21. The maximum atomic E-state index is 12.1. The first-order chi connectivity index (χ1) is 9.07. The Morgan fingerprint density at radius 3 is 2.50 bits per heavy atom. The number of ether oxygens (including phenoxy) is 1. The molecule has 20 heavy (non-hydrogen) atoms. The van der Waals surface area contributed by atoms with Crippen LogP contribution in [0.1, 0.15) is 32.8 Å². The van der Waals surface area contributed by atoms with Crippen molar-refractivity contribution in [2.75, 3.05) is 6.61 Å². The molecule has 0 atom stereocenters. The largest absolute Gasteiger partial charge is 0.477 e. The molecule has 0 aliphatic heterocycles. The lowest BCUT2D eigenvalue weighted by atomic mass is 10.1. The normalized spacial score (nSPS) is 12.6. The molecule has 0 fully saturated rings. The molecule has 0 spiro atoms. The van der Waals surface area contributed by atoms with Gasteiger partial charge in [0.2, 0.25) is 5.88 Å². The van der Waals surface area contributed by atoms with E-state index in [1.165, 1.54) is 6.20 Å². The Morgan fingerprint density at radius 1 is 1.30 bits per heavy atom. The van der Waals surface area contributed by atoms with Crippen molar-refractivity contribution in [2.45, 2.75) is 45.5 Å². The van der Waals surface area contributed by atoms with Gasteiger partial charge in [-0.05, 0) is 42.8 Å². The zero-order chi connectivity index (χ0) is 15.4. The number of rotatable bonds is 5. The predicted octanol–water partition coefficient (Wildman–Crippen LogP) is 4.06. The SMILES string of the molecule is CC(C)(C)NCc1cc(Br)cnc1OCCC(F)(F)F. The minimum Gasteiger partial charge on any atom is -0.477 e. The minimum atomic E-state index is -4.22. The van der Waals surface area contributed by atoms with Crippen molar-refractivity contribution in [2.24, 2.45) is 0 Å². The van der Waals surface area contributed by atoms with E-state index < -0.39 is 19.2 Å². The third-order valence-corrected chi connectivity index (χ3v) is 2.76. The maximum absolute atomic E-state index is 12.1. The molecule has 0 radical (unpaired) electrons. The molecule has 1 N–H and O–H groups in total. The fourth-order valence-corrected chi connectivity index (χ4v) is 1.73. The molecule has 1 heterocycles. The molecule has 0 aliphatic carbocycles. The van der Waals surface area contributed by atoms with Gasteiger partial charge < -0.3 is 10.1 Å². The number of nitrogens with zero attached hydrogens (tertiary/aromatic N) is 1. The number of nitrogens with one attached hydrogen (secondary N) is 1. The summed E-state index contributed by atoms with van der Waals surface area (Å²) in [5, 5.41) is 3.25. The summed E-state index contributed by atoms with van der Waals surface area (Å²) in [6.07, 6.45) is -3.71. The smallest absolute Gasteiger partial charge is 0.392 e. The minimum absolute atomic E-state index is 0.106. The molecule has 7 heteroatoms. The zero-order valence-electron chi connectivity index (χ0n) is 11.6. The molecule has 0 amide bonds. The number of hydrogen-bond acceptors (Lipinski definition) is 3. The van der Waals surface area contributed by atoms with Crippen molar-refractivity contribution in [1.82, 2.24) is 10.3 Å². The number of pyridine rings is 1. The monoisotopic (exact) mass is 354 g/mol. The van der Waals surface area contributed by atoms with Crippen LogP contribution in [-0.4, -0.2) is 23.3 Å². The van der Waals surface area contributed by atoms with E-state index in [1.54, 1.807) is 6.07 Å². The van der Waals surface area contributed by atoms with E-state index in [1.807, 2.05) is 20.8 Å². The van der Waals surface area contributed by atoms with Crippen LogP contribution in [0.2, 0.25) is 0 Å². The summed E-state index contributed by atoms with van der Waals surface area (Å²) in [6.45, 7) is 6.05. The summed E-state index contributed by atoms with van der Waals surface area (Å²) in [4.78, 5) is 4.02. The van der Waals surface area contributed by atoms with Gasteiger partial charge in [0.25, 0.3) is 0 Å². The Hall–Kier alpha value is -0.820. The number of halogens is 4. The summed E-state index contributed by atoms with van der Waals surface area (Å²) < 4.78 is 42.2. The molecule has 0 unspecified atom stereocenters. The molecule has 0 saturated carbocycles. The highest BCUT2D eigenvalue weighted by molar-refractivity contribution is 9.10. The van der Waals surface area contributed by atoms with E-state index >= 15 is 0 Å². The number of aromatic nitrogens is 1. The number of alkyl halides is 3. The lowest BCUT2D eigenvalue weighted by molar-refractivity contribution is -0.139. The van der Waals surface area contributed by atoms with Crippen LogP contribution in [0.5, 0.6) is 5.88 Å². The highest BCUT2D eigenvalue weighted by Crippen LogP contribution is 2.23. The Kier molecular flexibility index (Phi) is 5.82. The van der Waals surface area contributed by atoms with E-state index in [0.717, 1.165) is 10.0 Å². The topological polar surface area (TPSA) is 34.2 Å². The molecule has 3 nitrogen and oxygen atoms in total. The Morgan fingerprint density at radius 2 is 1.95 bits per heavy atom. The molecule has 0 aromatic carbocycles. The molecule has 0 saturated heterocycles. The van der Waals surface area contributed by atoms with Crippen LogP contribution in [0.25, 0.3) is 0 Å². The molecule has 1 aromatic rings. The van der Waals surface area contributed by atoms with Crippen molar-refractivity contribution in [3.8, 4) is 5.88 Å². The van der Waals surface area contributed by atoms with E-state index in [9.17, 15) is 13.2 Å². The van der Waals surface area contributed by atoms with Crippen molar-refractivity contribution >= 4 is 15.9 Å². The van der Waals surface area contributed by atoms with Crippen molar-refractivity contribution in [3.63, 3.8) is 0 Å². The Labute approximate surface area is 125 Å². The van der Waals surface area contributed by atoms with Gasteiger partial charge in [-0.2, -0.15) is 13.2 Å². The summed E-state index contributed by atoms with van der Waals surface area (Å²) in [5.41, 5.74) is 0.613. The van der Waals surface area contributed by atoms with Crippen LogP contribution < -0.4 is 10.1 Å². The van der Waals surface area contributed by atoms with Gasteiger partial charge in [0.1, 0.15) is 0 Å². The predicted molar refractivity (Wildman–Crippen MR) is 74.7 cm³/mol. The van der Waals surface area contributed by atoms with Gasteiger partial charge in [-0.3, -0.25) is 0 Å². The molecule has 1 aromatic heterocycles. The summed E-state index contributed by atoms with van der Waals surface area (Å²) in [5.74, 6) is 0.231. The second-order valence-electron chi connectivity index (χ2n) is 5.44. The second-order valence-corrected chi connectivity index (χ2v) is 6.35. The van der Waals surface area contributed by atoms with Gasteiger partial charge >= 0.3 is 6.18 Å². The van der Waals surface area contributed by atoms with Gasteiger partial charge in [-0.1, -0.05) is 0 Å². The Bertz CT molecular complexity index is 444. The summed E-state index contributed by atoms with van der Waals surface area (Å²) >= 11 is 3.29. The van der Waals surface area contributed by atoms with Crippen LogP contribution in [0.4, 0.5) is 13.2 Å². The van der Waals surface area contributed by atoms with E-state index in [4.69, 9.17) is 4.74 Å². The summed E-state index contributed by atoms with van der Waals surface area (Å²) in [7, 11) is 0.